The van der Waals surface area contributed by atoms with Crippen LogP contribution in [0.4, 0.5) is 23.0 Å². The maximum atomic E-state index is 13.1. The van der Waals surface area contributed by atoms with E-state index in [1.807, 2.05) is 68.1 Å². The Hall–Kier alpha value is -2.99. The van der Waals surface area contributed by atoms with E-state index < -0.39 is 5.97 Å². The molecule has 4 aromatic rings. The van der Waals surface area contributed by atoms with Gasteiger partial charge in [-0.15, -0.1) is 0 Å². The van der Waals surface area contributed by atoms with E-state index in [2.05, 4.69) is 56.6 Å². The first-order valence-corrected chi connectivity index (χ1v) is 21.4. The highest BCUT2D eigenvalue weighted by Gasteiger charge is 2.25. The Morgan fingerprint density at radius 1 is 1.19 bits per heavy atom. The normalized spacial score (nSPS) is 14.2. The first kappa shape index (κ1) is 36.8. The zero-order chi connectivity index (χ0) is 34.1. The van der Waals surface area contributed by atoms with Crippen molar-refractivity contribution in [1.29, 1.82) is 0 Å². The molecule has 1 atom stereocenters. The van der Waals surface area contributed by atoms with Crippen molar-refractivity contribution in [1.82, 2.24) is 19.4 Å². The van der Waals surface area contributed by atoms with Crippen molar-refractivity contribution in [3.63, 3.8) is 0 Å². The molecule has 0 radical (unpaired) electrons. The van der Waals surface area contributed by atoms with Crippen molar-refractivity contribution < 1.29 is 14.3 Å². The number of nitrogens with one attached hydrogen (secondary N) is 1. The number of carbonyl (C=O) groups excluding carboxylic acids is 1. The summed E-state index contributed by atoms with van der Waals surface area (Å²) in [5.74, 6) is 0.441. The maximum absolute atomic E-state index is 13.1. The van der Waals surface area contributed by atoms with Crippen molar-refractivity contribution in [3.8, 4) is 17.0 Å². The maximum Gasteiger partial charge on any atom is 0.342 e. The molecule has 2 aromatic carbocycles. The monoisotopic (exact) mass is 749 g/mol. The Morgan fingerprint density at radius 3 is 2.55 bits per heavy atom. The fourth-order valence-corrected chi connectivity index (χ4v) is 11.0. The number of rotatable bonds is 9. The van der Waals surface area contributed by atoms with Crippen LogP contribution in [0.2, 0.25) is 0 Å². The zero-order valence-corrected chi connectivity index (χ0v) is 32.0. The fourth-order valence-electron chi connectivity index (χ4n) is 5.56. The van der Waals surface area contributed by atoms with Gasteiger partial charge in [-0.1, -0.05) is 18.2 Å². The number of aryl methyl sites for hydroxylation is 1. The zero-order valence-electron chi connectivity index (χ0n) is 27.1. The lowest BCUT2D eigenvalue weighted by Crippen LogP contribution is -2.36. The number of likely N-dealkylation sites (tertiary alicyclic amines) is 1. The van der Waals surface area contributed by atoms with Crippen LogP contribution in [0.15, 0.2) is 48.8 Å². The van der Waals surface area contributed by atoms with Gasteiger partial charge in [-0.05, 0) is 52.4 Å². The molecule has 1 saturated heterocycles. The number of hydrogen-bond donors (Lipinski definition) is 2. The predicted octanol–water partition coefficient (Wildman–Crippen LogP) is 5.05. The van der Waals surface area contributed by atoms with Gasteiger partial charge in [0.05, 0.1) is 36.0 Å². The van der Waals surface area contributed by atoms with E-state index in [0.717, 1.165) is 35.2 Å². The smallest absolute Gasteiger partial charge is 0.342 e. The number of aromatic nitrogens is 3. The number of carbonyl (C=O) groups is 1. The van der Waals surface area contributed by atoms with Crippen LogP contribution in [-0.2, 0) is 69.7 Å². The minimum Gasteiger partial charge on any atom is -0.494 e. The van der Waals surface area contributed by atoms with Crippen molar-refractivity contribution in [2.24, 2.45) is 7.05 Å². The van der Waals surface area contributed by atoms with Crippen LogP contribution in [-0.4, -0.2) is 71.8 Å². The lowest BCUT2D eigenvalue weighted by atomic mass is 10.1. The Morgan fingerprint density at radius 2 is 1.91 bits per heavy atom. The summed E-state index contributed by atoms with van der Waals surface area (Å²) in [7, 11) is 13.4. The SMILES string of the molecule is COc1cc(N(C)C[C@@H]2CCCN2C)c(N)cc1Nc1ncc(C(=O)OC(C)C)c(-c2cn(C)c3ccccc23)n1.S=S=S=S=S=S. The summed E-state index contributed by atoms with van der Waals surface area (Å²) in [5, 5.41) is 4.24. The number of likely N-dealkylation sites (N-methyl/N-ethyl adjacent to an activating group) is 2. The number of methoxy groups -OCH3 is 1. The lowest BCUT2D eigenvalue weighted by molar-refractivity contribution is 0.0378. The van der Waals surface area contributed by atoms with Gasteiger partial charge in [0.25, 0.3) is 0 Å². The van der Waals surface area contributed by atoms with Crippen molar-refractivity contribution in [2.75, 3.05) is 50.2 Å². The quantitative estimate of drug-likeness (QED) is 0.177. The average molecular weight is 750 g/mol. The molecule has 10 nitrogen and oxygen atoms in total. The number of anilines is 4. The van der Waals surface area contributed by atoms with Crippen LogP contribution in [0, 0.1) is 0 Å². The highest BCUT2D eigenvalue weighted by Crippen LogP contribution is 2.38. The van der Waals surface area contributed by atoms with Crippen molar-refractivity contribution >= 4 is 97.8 Å². The van der Waals surface area contributed by atoms with E-state index in [1.54, 1.807) is 7.11 Å². The van der Waals surface area contributed by atoms with E-state index in [4.69, 9.17) is 20.2 Å². The molecule has 3 heterocycles. The van der Waals surface area contributed by atoms with Crippen molar-refractivity contribution in [2.45, 2.75) is 38.8 Å². The largest absolute Gasteiger partial charge is 0.494 e. The van der Waals surface area contributed by atoms with Gasteiger partial charge in [0, 0.05) is 120 Å². The number of esters is 1. The molecule has 1 fully saturated rings. The molecule has 0 spiro atoms. The number of nitrogen functional groups attached to an aromatic ring is 1. The molecular weight excluding hydrogens is 711 g/mol. The van der Waals surface area contributed by atoms with Gasteiger partial charge < -0.3 is 34.9 Å². The summed E-state index contributed by atoms with van der Waals surface area (Å²) in [5.41, 5.74) is 11.3. The van der Waals surface area contributed by atoms with E-state index in [1.165, 1.54) is 54.6 Å². The average Bonchev–Trinajstić information content (AvgIpc) is 3.61. The van der Waals surface area contributed by atoms with Gasteiger partial charge in [-0.25, -0.2) is 14.8 Å². The molecule has 1 aliphatic rings. The number of hydrogen-bond acceptors (Lipinski definition) is 11. The number of para-hydroxylation sites is 1. The fraction of sp³-hybridized carbons (Fsp3) is 0.387. The Bertz CT molecular complexity index is 1890. The molecule has 2 aromatic heterocycles. The molecule has 16 heteroatoms. The number of nitrogens with zero attached hydrogens (tertiary/aromatic N) is 5. The molecule has 5 rings (SSSR count). The van der Waals surface area contributed by atoms with Gasteiger partial charge in [-0.3, -0.25) is 0 Å². The molecule has 0 aliphatic carbocycles. The summed E-state index contributed by atoms with van der Waals surface area (Å²) in [4.78, 5) is 26.9. The van der Waals surface area contributed by atoms with Gasteiger partial charge in [0.2, 0.25) is 5.95 Å². The second-order valence-electron chi connectivity index (χ2n) is 11.2. The molecule has 3 N–H and O–H groups in total. The van der Waals surface area contributed by atoms with E-state index in [9.17, 15) is 4.79 Å². The Balaban J connectivity index is 0.000000762. The topological polar surface area (TPSA) is 111 Å². The van der Waals surface area contributed by atoms with Crippen molar-refractivity contribution in [3.05, 3.63) is 54.4 Å². The standard InChI is InChI=1S/C31H39N7O3.S6/c1-19(2)41-30(39)22-16-33-31(35-29(22)23-18-38(5)26-12-8-7-11-21(23)26)34-25-14-24(32)27(15-28(25)40-6)37(4)17-20-10-9-13-36(20)3;1-3-5-6-4-2/h7-8,11-12,14-16,18-20H,9-10,13,17,32H2,1-6H3,(H,33,34,35);/t20-;/m0./s1. The summed E-state index contributed by atoms with van der Waals surface area (Å²) in [6.07, 6.45) is 5.58. The molecular formula is C31H39N7O3S6. The van der Waals surface area contributed by atoms with Crippen LogP contribution in [0.3, 0.4) is 0 Å². The Labute approximate surface area is 297 Å². The first-order chi connectivity index (χ1) is 22.6. The highest BCUT2D eigenvalue weighted by atomic mass is 33.3. The molecule has 1 aliphatic heterocycles. The van der Waals surface area contributed by atoms with Gasteiger partial charge >= 0.3 is 5.97 Å². The number of benzene rings is 2. The number of fused-ring (bicyclic) bond motifs is 1. The third kappa shape index (κ3) is 9.34. The minimum absolute atomic E-state index is 0.279. The molecule has 0 amide bonds. The van der Waals surface area contributed by atoms with E-state index >= 15 is 0 Å². The highest BCUT2D eigenvalue weighted by molar-refractivity contribution is 8.64. The molecule has 0 bridgehead atoms. The van der Waals surface area contributed by atoms with Crippen LogP contribution in [0.5, 0.6) is 5.75 Å². The van der Waals surface area contributed by atoms with Crippen LogP contribution in [0.1, 0.15) is 37.0 Å². The van der Waals surface area contributed by atoms with Gasteiger partial charge in [0.1, 0.15) is 11.3 Å². The van der Waals surface area contributed by atoms with E-state index in [0.29, 0.717) is 40.4 Å². The summed E-state index contributed by atoms with van der Waals surface area (Å²) in [6.45, 7) is 5.63. The van der Waals surface area contributed by atoms with Crippen LogP contribution in [0.25, 0.3) is 22.2 Å². The summed E-state index contributed by atoms with van der Waals surface area (Å²) >= 11 is 9.03. The third-order valence-corrected chi connectivity index (χ3v) is 14.4. The second kappa shape index (κ2) is 17.4. The first-order valence-electron chi connectivity index (χ1n) is 14.8. The minimum atomic E-state index is -0.475. The molecule has 0 saturated carbocycles. The van der Waals surface area contributed by atoms with Gasteiger partial charge in [0.15, 0.2) is 0 Å². The van der Waals surface area contributed by atoms with Crippen LogP contribution < -0.4 is 20.7 Å². The van der Waals surface area contributed by atoms with Crippen LogP contribution >= 0.6 is 0 Å². The predicted molar refractivity (Wildman–Crippen MR) is 208 cm³/mol. The number of ether oxygens (including phenoxy) is 2. The summed E-state index contributed by atoms with van der Waals surface area (Å²) < 4.78 is 13.3. The molecule has 252 valence electrons. The van der Waals surface area contributed by atoms with E-state index in [-0.39, 0.29) is 6.10 Å². The lowest BCUT2D eigenvalue weighted by Gasteiger charge is -2.29. The number of nitrogens with two attached hydrogens (primary N) is 1. The third-order valence-electron chi connectivity index (χ3n) is 7.75. The molecule has 47 heavy (non-hydrogen) atoms. The second-order valence-corrected chi connectivity index (χ2v) is 18.3. The Kier molecular flexibility index (Phi) is 13.7. The van der Waals surface area contributed by atoms with Gasteiger partial charge in [-0.2, -0.15) is 0 Å². The summed E-state index contributed by atoms with van der Waals surface area (Å²) in [6, 6.07) is 12.3. The molecule has 0 unspecified atom stereocenters.